The number of aryl methyl sites for hydroxylation is 2. The van der Waals surface area contributed by atoms with Gasteiger partial charge in [-0.3, -0.25) is 4.79 Å². The molecule has 0 aliphatic carbocycles. The van der Waals surface area contributed by atoms with Gasteiger partial charge in [-0.15, -0.1) is 0 Å². The van der Waals surface area contributed by atoms with E-state index in [0.29, 0.717) is 12.3 Å². The summed E-state index contributed by atoms with van der Waals surface area (Å²) in [6, 6.07) is 18.5. The highest BCUT2D eigenvalue weighted by Crippen LogP contribution is 2.20. The van der Waals surface area contributed by atoms with Gasteiger partial charge in [0.2, 0.25) is 5.91 Å². The first-order chi connectivity index (χ1) is 13.0. The summed E-state index contributed by atoms with van der Waals surface area (Å²) in [7, 11) is 1.85. The second-order valence-electron chi connectivity index (χ2n) is 6.74. The summed E-state index contributed by atoms with van der Waals surface area (Å²) < 4.78 is 0. The van der Waals surface area contributed by atoms with Crippen molar-refractivity contribution in [3.05, 3.63) is 82.7 Å². The summed E-state index contributed by atoms with van der Waals surface area (Å²) in [6.45, 7) is 4.73. The number of rotatable bonds is 7. The van der Waals surface area contributed by atoms with E-state index in [-0.39, 0.29) is 5.91 Å². The third-order valence-electron chi connectivity index (χ3n) is 4.61. The zero-order valence-corrected chi connectivity index (χ0v) is 16.8. The van der Waals surface area contributed by atoms with Crippen molar-refractivity contribution in [1.29, 1.82) is 0 Å². The minimum absolute atomic E-state index is 0.0990. The van der Waals surface area contributed by atoms with Crippen LogP contribution >= 0.6 is 11.8 Å². The van der Waals surface area contributed by atoms with Crippen LogP contribution in [0.1, 0.15) is 28.1 Å². The van der Waals surface area contributed by atoms with Gasteiger partial charge in [0.1, 0.15) is 0 Å². The van der Waals surface area contributed by atoms with Gasteiger partial charge in [-0.25, -0.2) is 4.98 Å². The molecule has 0 spiro atoms. The van der Waals surface area contributed by atoms with Gasteiger partial charge >= 0.3 is 0 Å². The van der Waals surface area contributed by atoms with E-state index in [4.69, 9.17) is 0 Å². The lowest BCUT2D eigenvalue weighted by atomic mass is 10.1. The zero-order valence-electron chi connectivity index (χ0n) is 16.0. The maximum absolute atomic E-state index is 12.5. The Kier molecular flexibility index (Phi) is 6.35. The summed E-state index contributed by atoms with van der Waals surface area (Å²) in [6.07, 6.45) is 0.796. The summed E-state index contributed by atoms with van der Waals surface area (Å²) in [5.74, 6) is 0.474. The van der Waals surface area contributed by atoms with E-state index in [1.165, 1.54) is 28.5 Å². The van der Waals surface area contributed by atoms with Gasteiger partial charge in [-0.2, -0.15) is 0 Å². The van der Waals surface area contributed by atoms with Crippen molar-refractivity contribution in [2.45, 2.75) is 32.0 Å². The molecule has 1 heterocycles. The predicted molar refractivity (Wildman–Crippen MR) is 111 cm³/mol. The first-order valence-corrected chi connectivity index (χ1v) is 10.0. The zero-order chi connectivity index (χ0) is 19.2. The van der Waals surface area contributed by atoms with E-state index in [9.17, 15) is 4.79 Å². The SMILES string of the molecule is Cc1ccccc1CN(C)C(=O)CSc1nc(Cc2ccccc2)c(C)[nH]1. The number of H-pyrrole nitrogens is 1. The van der Waals surface area contributed by atoms with Crippen molar-refractivity contribution in [3.8, 4) is 0 Å². The standard InChI is InChI=1S/C22H25N3OS/c1-16-9-7-8-12-19(16)14-25(3)21(26)15-27-22-23-17(2)20(24-22)13-18-10-5-4-6-11-18/h4-12H,13-15H2,1-3H3,(H,23,24). The fourth-order valence-corrected chi connectivity index (χ4v) is 3.75. The van der Waals surface area contributed by atoms with E-state index in [1.807, 2.05) is 44.3 Å². The fourth-order valence-electron chi connectivity index (χ4n) is 2.87. The van der Waals surface area contributed by atoms with E-state index in [2.05, 4.69) is 41.2 Å². The number of carbonyl (C=O) groups excluding carboxylic acids is 1. The number of benzene rings is 2. The van der Waals surface area contributed by atoms with Gasteiger partial charge in [0, 0.05) is 25.7 Å². The average Bonchev–Trinajstić information content (AvgIpc) is 3.02. The molecule has 0 saturated heterocycles. The van der Waals surface area contributed by atoms with Crippen LogP contribution in [-0.2, 0) is 17.8 Å². The number of aromatic nitrogens is 2. The second kappa shape index (κ2) is 8.91. The van der Waals surface area contributed by atoms with Gasteiger partial charge in [-0.1, -0.05) is 66.4 Å². The lowest BCUT2D eigenvalue weighted by molar-refractivity contribution is -0.127. The van der Waals surface area contributed by atoms with Crippen LogP contribution in [0.4, 0.5) is 0 Å². The number of imidazole rings is 1. The Morgan fingerprint density at radius 2 is 1.78 bits per heavy atom. The summed E-state index contributed by atoms with van der Waals surface area (Å²) in [5.41, 5.74) is 5.71. The van der Waals surface area contributed by atoms with Crippen LogP contribution in [0.3, 0.4) is 0 Å². The lowest BCUT2D eigenvalue weighted by Crippen LogP contribution is -2.28. The third-order valence-corrected chi connectivity index (χ3v) is 5.46. The van der Waals surface area contributed by atoms with Crippen molar-refractivity contribution in [2.75, 3.05) is 12.8 Å². The number of aromatic amines is 1. The number of hydrogen-bond donors (Lipinski definition) is 1. The van der Waals surface area contributed by atoms with Gasteiger partial charge in [0.05, 0.1) is 11.4 Å². The molecule has 0 saturated carbocycles. The minimum atomic E-state index is 0.0990. The number of carbonyl (C=O) groups is 1. The Balaban J connectivity index is 1.56. The molecule has 5 heteroatoms. The maximum Gasteiger partial charge on any atom is 0.233 e. The molecule has 0 unspecified atom stereocenters. The Labute approximate surface area is 165 Å². The molecule has 0 fully saturated rings. The largest absolute Gasteiger partial charge is 0.341 e. The summed E-state index contributed by atoms with van der Waals surface area (Å²) in [4.78, 5) is 22.2. The van der Waals surface area contributed by atoms with Crippen molar-refractivity contribution in [2.24, 2.45) is 0 Å². The summed E-state index contributed by atoms with van der Waals surface area (Å²) >= 11 is 1.46. The quantitative estimate of drug-likeness (QED) is 0.620. The normalized spacial score (nSPS) is 10.8. The molecule has 2 aromatic carbocycles. The highest BCUT2D eigenvalue weighted by Gasteiger charge is 2.13. The predicted octanol–water partition coefficient (Wildman–Crippen LogP) is 4.37. The topological polar surface area (TPSA) is 49.0 Å². The van der Waals surface area contributed by atoms with Crippen molar-refractivity contribution >= 4 is 17.7 Å². The van der Waals surface area contributed by atoms with Crippen molar-refractivity contribution in [3.63, 3.8) is 0 Å². The highest BCUT2D eigenvalue weighted by molar-refractivity contribution is 7.99. The number of amides is 1. The van der Waals surface area contributed by atoms with Crippen LogP contribution in [0.15, 0.2) is 59.8 Å². The molecule has 3 rings (SSSR count). The van der Waals surface area contributed by atoms with Crippen LogP contribution in [0.25, 0.3) is 0 Å². The first-order valence-electron chi connectivity index (χ1n) is 9.03. The van der Waals surface area contributed by atoms with Crippen LogP contribution < -0.4 is 0 Å². The Hall–Kier alpha value is -2.53. The molecule has 0 bridgehead atoms. The molecule has 140 valence electrons. The Bertz CT molecular complexity index is 905. The molecule has 1 amide bonds. The number of nitrogens with zero attached hydrogens (tertiary/aromatic N) is 2. The molecular formula is C22H25N3OS. The third kappa shape index (κ3) is 5.23. The number of hydrogen-bond acceptors (Lipinski definition) is 3. The highest BCUT2D eigenvalue weighted by atomic mass is 32.2. The van der Waals surface area contributed by atoms with Crippen molar-refractivity contribution in [1.82, 2.24) is 14.9 Å². The average molecular weight is 380 g/mol. The van der Waals surface area contributed by atoms with E-state index in [0.717, 1.165) is 23.0 Å². The molecular weight excluding hydrogens is 354 g/mol. The van der Waals surface area contributed by atoms with Crippen LogP contribution in [0.2, 0.25) is 0 Å². The first kappa shape index (κ1) is 19.2. The monoisotopic (exact) mass is 379 g/mol. The number of nitrogens with one attached hydrogen (secondary N) is 1. The molecule has 4 nitrogen and oxygen atoms in total. The Morgan fingerprint density at radius 3 is 2.52 bits per heavy atom. The van der Waals surface area contributed by atoms with Crippen LogP contribution in [-0.4, -0.2) is 33.6 Å². The molecule has 1 aromatic heterocycles. The fraction of sp³-hybridized carbons (Fsp3) is 0.273. The maximum atomic E-state index is 12.5. The number of thioether (sulfide) groups is 1. The van der Waals surface area contributed by atoms with Crippen LogP contribution in [0.5, 0.6) is 0 Å². The molecule has 27 heavy (non-hydrogen) atoms. The molecule has 0 atom stereocenters. The van der Waals surface area contributed by atoms with Crippen LogP contribution in [0, 0.1) is 13.8 Å². The molecule has 1 N–H and O–H groups in total. The van der Waals surface area contributed by atoms with Gasteiger partial charge in [0.25, 0.3) is 0 Å². The van der Waals surface area contributed by atoms with E-state index >= 15 is 0 Å². The van der Waals surface area contributed by atoms with E-state index < -0.39 is 0 Å². The minimum Gasteiger partial charge on any atom is -0.341 e. The van der Waals surface area contributed by atoms with Gasteiger partial charge in [-0.05, 0) is 30.5 Å². The van der Waals surface area contributed by atoms with E-state index in [1.54, 1.807) is 4.90 Å². The van der Waals surface area contributed by atoms with Gasteiger partial charge in [0.15, 0.2) is 5.16 Å². The van der Waals surface area contributed by atoms with Crippen molar-refractivity contribution < 1.29 is 4.79 Å². The Morgan fingerprint density at radius 1 is 1.07 bits per heavy atom. The lowest BCUT2D eigenvalue weighted by Gasteiger charge is -2.18. The molecule has 3 aromatic rings. The molecule has 0 radical (unpaired) electrons. The second-order valence-corrected chi connectivity index (χ2v) is 7.71. The smallest absolute Gasteiger partial charge is 0.233 e. The molecule has 0 aliphatic rings. The van der Waals surface area contributed by atoms with Gasteiger partial charge < -0.3 is 9.88 Å². The summed E-state index contributed by atoms with van der Waals surface area (Å²) in [5, 5.41) is 0.802. The molecule has 0 aliphatic heterocycles.